The van der Waals surface area contributed by atoms with Crippen LogP contribution >= 0.6 is 0 Å². The summed E-state index contributed by atoms with van der Waals surface area (Å²) in [5.74, 6) is 0.449. The number of rotatable bonds is 4. The monoisotopic (exact) mass is 307 g/mol. The number of hydrogen-bond acceptors (Lipinski definition) is 2. The third-order valence-electron chi connectivity index (χ3n) is 5.57. The van der Waals surface area contributed by atoms with Crippen molar-refractivity contribution in [3.05, 3.63) is 64.2 Å². The zero-order valence-corrected chi connectivity index (χ0v) is 14.0. The molecule has 23 heavy (non-hydrogen) atoms. The van der Waals surface area contributed by atoms with Gasteiger partial charge in [-0.25, -0.2) is 0 Å². The minimum absolute atomic E-state index is 0.449. The highest BCUT2D eigenvalue weighted by Crippen LogP contribution is 2.43. The Morgan fingerprint density at radius 1 is 1.04 bits per heavy atom. The number of hydrogen-bond donors (Lipinski definition) is 1. The van der Waals surface area contributed by atoms with E-state index in [4.69, 9.17) is 0 Å². The number of nitrogens with zero attached hydrogens (tertiary/aromatic N) is 1. The predicted octanol–water partition coefficient (Wildman–Crippen LogP) is 4.66. The smallest absolute Gasteiger partial charge is 0.120 e. The fourth-order valence-corrected chi connectivity index (χ4v) is 3.96. The second kappa shape index (κ2) is 5.68. The molecule has 1 fully saturated rings. The highest BCUT2D eigenvalue weighted by Gasteiger charge is 2.37. The van der Waals surface area contributed by atoms with Crippen molar-refractivity contribution in [1.29, 1.82) is 0 Å². The van der Waals surface area contributed by atoms with Crippen LogP contribution in [-0.2, 0) is 13.0 Å². The second-order valence-corrected chi connectivity index (χ2v) is 7.22. The van der Waals surface area contributed by atoms with Gasteiger partial charge in [0.1, 0.15) is 5.75 Å². The summed E-state index contributed by atoms with van der Waals surface area (Å²) in [7, 11) is 0. The Kier molecular flexibility index (Phi) is 3.65. The molecule has 2 aliphatic carbocycles. The summed E-state index contributed by atoms with van der Waals surface area (Å²) in [5.41, 5.74) is 6.51. The third kappa shape index (κ3) is 2.76. The normalized spacial score (nSPS) is 20.0. The van der Waals surface area contributed by atoms with Crippen LogP contribution in [0.5, 0.6) is 5.75 Å². The number of phenolic OH excluding ortho intramolecular Hbond substituents is 1. The molecule has 0 bridgehead atoms. The van der Waals surface area contributed by atoms with Crippen molar-refractivity contribution < 1.29 is 5.11 Å². The fourth-order valence-electron chi connectivity index (χ4n) is 3.96. The van der Waals surface area contributed by atoms with Crippen molar-refractivity contribution in [1.82, 2.24) is 4.90 Å². The molecular weight excluding hydrogens is 282 g/mol. The minimum atomic E-state index is 0.449. The van der Waals surface area contributed by atoms with Crippen molar-refractivity contribution >= 4 is 0 Å². The largest absolute Gasteiger partial charge is 0.508 e. The molecule has 1 unspecified atom stereocenters. The van der Waals surface area contributed by atoms with E-state index in [-0.39, 0.29) is 0 Å². The molecule has 2 aliphatic rings. The molecule has 1 atom stereocenters. The summed E-state index contributed by atoms with van der Waals surface area (Å²) in [6.45, 7) is 5.05. The van der Waals surface area contributed by atoms with Crippen molar-refractivity contribution in [2.24, 2.45) is 0 Å². The summed E-state index contributed by atoms with van der Waals surface area (Å²) < 4.78 is 0. The first-order valence-electron chi connectivity index (χ1n) is 8.76. The van der Waals surface area contributed by atoms with Gasteiger partial charge < -0.3 is 5.11 Å². The van der Waals surface area contributed by atoms with Gasteiger partial charge in [-0.3, -0.25) is 4.90 Å². The molecular formula is C21H25NO. The first-order valence-corrected chi connectivity index (χ1v) is 8.76. The van der Waals surface area contributed by atoms with Crippen LogP contribution in [0.1, 0.15) is 53.1 Å². The molecule has 0 spiro atoms. The summed E-state index contributed by atoms with van der Waals surface area (Å²) in [6.07, 6.45) is 4.99. The van der Waals surface area contributed by atoms with E-state index in [1.807, 2.05) is 6.07 Å². The molecule has 0 aromatic heterocycles. The first kappa shape index (κ1) is 14.8. The van der Waals surface area contributed by atoms with E-state index in [2.05, 4.69) is 49.1 Å². The Labute approximate surface area is 138 Å². The van der Waals surface area contributed by atoms with E-state index in [1.54, 1.807) is 0 Å². The molecule has 0 amide bonds. The number of aryl methyl sites for hydroxylation is 3. The van der Waals surface area contributed by atoms with Gasteiger partial charge in [0.05, 0.1) is 0 Å². The van der Waals surface area contributed by atoms with Crippen LogP contribution in [0, 0.1) is 13.8 Å². The molecule has 4 rings (SSSR count). The second-order valence-electron chi connectivity index (χ2n) is 7.22. The van der Waals surface area contributed by atoms with Gasteiger partial charge in [-0.15, -0.1) is 0 Å². The zero-order valence-electron chi connectivity index (χ0n) is 14.0. The molecule has 120 valence electrons. The molecule has 2 nitrogen and oxygen atoms in total. The van der Waals surface area contributed by atoms with E-state index in [0.717, 1.165) is 17.7 Å². The first-order chi connectivity index (χ1) is 11.1. The standard InChI is InChI=1S/C21H25NO/c1-14-11-17(21(23)12-15(14)2)13-22(18-8-9-18)20-10-7-16-5-3-4-6-19(16)20/h3-6,11-12,18,20,23H,7-10,13H2,1-2H3. The van der Waals surface area contributed by atoms with Crippen LogP contribution in [0.2, 0.25) is 0 Å². The SMILES string of the molecule is Cc1cc(O)c(CN(C2CC2)C2CCc3ccccc32)cc1C. The van der Waals surface area contributed by atoms with Gasteiger partial charge in [0.2, 0.25) is 0 Å². The van der Waals surface area contributed by atoms with Crippen LogP contribution in [0.15, 0.2) is 36.4 Å². The van der Waals surface area contributed by atoms with Gasteiger partial charge in [-0.2, -0.15) is 0 Å². The Balaban J connectivity index is 1.64. The number of aromatic hydroxyl groups is 1. The van der Waals surface area contributed by atoms with E-state index < -0.39 is 0 Å². The van der Waals surface area contributed by atoms with E-state index in [1.165, 1.54) is 42.4 Å². The van der Waals surface area contributed by atoms with Gasteiger partial charge >= 0.3 is 0 Å². The van der Waals surface area contributed by atoms with Gasteiger partial charge in [0.25, 0.3) is 0 Å². The minimum Gasteiger partial charge on any atom is -0.508 e. The highest BCUT2D eigenvalue weighted by atomic mass is 16.3. The number of phenols is 1. The predicted molar refractivity (Wildman–Crippen MR) is 93.6 cm³/mol. The summed E-state index contributed by atoms with van der Waals surface area (Å²) in [6, 6.07) is 14.2. The van der Waals surface area contributed by atoms with Gasteiger partial charge in [-0.05, 0) is 67.9 Å². The maximum absolute atomic E-state index is 10.4. The van der Waals surface area contributed by atoms with Gasteiger partial charge in [-0.1, -0.05) is 30.3 Å². The molecule has 2 aromatic carbocycles. The Morgan fingerprint density at radius 3 is 2.57 bits per heavy atom. The van der Waals surface area contributed by atoms with Gasteiger partial charge in [0, 0.05) is 24.2 Å². The summed E-state index contributed by atoms with van der Waals surface area (Å²) in [4.78, 5) is 2.63. The Bertz CT molecular complexity index is 733. The Morgan fingerprint density at radius 2 is 1.78 bits per heavy atom. The van der Waals surface area contributed by atoms with Crippen molar-refractivity contribution in [2.75, 3.05) is 0 Å². The highest BCUT2D eigenvalue weighted by molar-refractivity contribution is 5.41. The quantitative estimate of drug-likeness (QED) is 0.888. The Hall–Kier alpha value is -1.80. The van der Waals surface area contributed by atoms with E-state index in [0.29, 0.717) is 17.8 Å². The lowest BCUT2D eigenvalue weighted by Gasteiger charge is -2.30. The number of fused-ring (bicyclic) bond motifs is 1. The van der Waals surface area contributed by atoms with Crippen LogP contribution in [-0.4, -0.2) is 16.0 Å². The molecule has 0 radical (unpaired) electrons. The lowest BCUT2D eigenvalue weighted by atomic mass is 10.0. The maximum Gasteiger partial charge on any atom is 0.120 e. The number of benzene rings is 2. The molecule has 2 aromatic rings. The van der Waals surface area contributed by atoms with Crippen molar-refractivity contribution in [2.45, 2.75) is 58.2 Å². The van der Waals surface area contributed by atoms with Gasteiger partial charge in [0.15, 0.2) is 0 Å². The van der Waals surface area contributed by atoms with Crippen LogP contribution in [0.25, 0.3) is 0 Å². The molecule has 0 aliphatic heterocycles. The third-order valence-corrected chi connectivity index (χ3v) is 5.57. The van der Waals surface area contributed by atoms with Crippen LogP contribution < -0.4 is 0 Å². The molecule has 2 heteroatoms. The lowest BCUT2D eigenvalue weighted by Crippen LogP contribution is -2.29. The average molecular weight is 307 g/mol. The molecule has 0 saturated heterocycles. The van der Waals surface area contributed by atoms with E-state index in [9.17, 15) is 5.11 Å². The fraction of sp³-hybridized carbons (Fsp3) is 0.429. The molecule has 1 N–H and O–H groups in total. The van der Waals surface area contributed by atoms with Crippen LogP contribution in [0.3, 0.4) is 0 Å². The average Bonchev–Trinajstić information content (AvgIpc) is 3.29. The molecule has 1 saturated carbocycles. The zero-order chi connectivity index (χ0) is 16.0. The van der Waals surface area contributed by atoms with Crippen molar-refractivity contribution in [3.8, 4) is 5.75 Å². The van der Waals surface area contributed by atoms with Crippen molar-refractivity contribution in [3.63, 3.8) is 0 Å². The summed E-state index contributed by atoms with van der Waals surface area (Å²) in [5, 5.41) is 10.4. The maximum atomic E-state index is 10.4. The lowest BCUT2D eigenvalue weighted by molar-refractivity contribution is 0.175. The van der Waals surface area contributed by atoms with Crippen LogP contribution in [0.4, 0.5) is 0 Å². The summed E-state index contributed by atoms with van der Waals surface area (Å²) >= 11 is 0. The topological polar surface area (TPSA) is 23.5 Å². The van der Waals surface area contributed by atoms with E-state index >= 15 is 0 Å². The molecule has 0 heterocycles.